The lowest BCUT2D eigenvalue weighted by molar-refractivity contribution is 0.358. The van der Waals surface area contributed by atoms with Crippen LogP contribution in [0.3, 0.4) is 0 Å². The Morgan fingerprint density at radius 1 is 1.50 bits per heavy atom. The first-order valence-electron chi connectivity index (χ1n) is 3.26. The summed E-state index contributed by atoms with van der Waals surface area (Å²) in [4.78, 5) is 0. The molecule has 0 saturated carbocycles. The largest absolute Gasteiger partial charge is 0.489 e. The van der Waals surface area contributed by atoms with E-state index in [0.717, 1.165) is 11.3 Å². The number of fused-ring (bicyclic) bond motifs is 1. The minimum atomic E-state index is 0.685. The zero-order valence-corrected chi connectivity index (χ0v) is 5.50. The lowest BCUT2D eigenvalue weighted by atomic mass is 10.1. The van der Waals surface area contributed by atoms with E-state index in [4.69, 9.17) is 4.74 Å². The molecule has 0 spiro atoms. The summed E-state index contributed by atoms with van der Waals surface area (Å²) in [5.74, 6) is 0.935. The van der Waals surface area contributed by atoms with Crippen molar-refractivity contribution >= 4 is 6.08 Å². The van der Waals surface area contributed by atoms with Crippen molar-refractivity contribution in [1.29, 1.82) is 0 Å². The molecule has 1 nitrogen and oxygen atoms in total. The molecule has 1 aromatic rings. The average molecular weight is 131 g/mol. The van der Waals surface area contributed by atoms with Gasteiger partial charge in [-0.2, -0.15) is 0 Å². The molecule has 0 amide bonds. The molecule has 2 rings (SSSR count). The number of hydrogen-bond donors (Lipinski definition) is 0. The van der Waals surface area contributed by atoms with Crippen LogP contribution in [0, 0.1) is 6.07 Å². The van der Waals surface area contributed by atoms with E-state index in [2.05, 4.69) is 12.1 Å². The maximum absolute atomic E-state index is 5.31. The van der Waals surface area contributed by atoms with E-state index in [0.29, 0.717) is 6.61 Å². The summed E-state index contributed by atoms with van der Waals surface area (Å²) in [6.45, 7) is 0.685. The lowest BCUT2D eigenvalue weighted by Crippen LogP contribution is -1.98. The minimum absolute atomic E-state index is 0.685. The Labute approximate surface area is 59.9 Å². The molecule has 0 saturated heterocycles. The zero-order chi connectivity index (χ0) is 6.81. The molecule has 1 heterocycles. The van der Waals surface area contributed by atoms with E-state index in [1.807, 2.05) is 24.3 Å². The molecule has 1 aromatic carbocycles. The average Bonchev–Trinajstić information content (AvgIpc) is 2.05. The Morgan fingerprint density at radius 3 is 3.40 bits per heavy atom. The molecule has 1 aliphatic heterocycles. The molecule has 49 valence electrons. The van der Waals surface area contributed by atoms with Crippen molar-refractivity contribution in [1.82, 2.24) is 0 Å². The molecule has 0 bridgehead atoms. The molecule has 0 N–H and O–H groups in total. The quantitative estimate of drug-likeness (QED) is 0.522. The zero-order valence-electron chi connectivity index (χ0n) is 5.50. The monoisotopic (exact) mass is 131 g/mol. The number of benzene rings is 1. The van der Waals surface area contributed by atoms with Gasteiger partial charge in [-0.15, -0.1) is 0 Å². The van der Waals surface area contributed by atoms with Gasteiger partial charge in [0.1, 0.15) is 12.4 Å². The molecule has 10 heavy (non-hydrogen) atoms. The first kappa shape index (κ1) is 5.54. The molecule has 1 heteroatoms. The van der Waals surface area contributed by atoms with Crippen LogP contribution < -0.4 is 4.74 Å². The van der Waals surface area contributed by atoms with Crippen molar-refractivity contribution in [3.63, 3.8) is 0 Å². The fraction of sp³-hybridized carbons (Fsp3) is 0.111. The second-order valence-electron chi connectivity index (χ2n) is 2.18. The standard InChI is InChI=1S/C9H7O/c1-2-6-9-8(4-1)5-3-7-10-9/h1,3-6H,7H2. The van der Waals surface area contributed by atoms with Crippen LogP contribution in [0.2, 0.25) is 0 Å². The van der Waals surface area contributed by atoms with E-state index in [-0.39, 0.29) is 0 Å². The normalized spacial score (nSPS) is 14.0. The highest BCUT2D eigenvalue weighted by atomic mass is 16.5. The van der Waals surface area contributed by atoms with E-state index in [9.17, 15) is 0 Å². The third-order valence-corrected chi connectivity index (χ3v) is 1.49. The summed E-state index contributed by atoms with van der Waals surface area (Å²) in [6.07, 6.45) is 4.06. The first-order valence-corrected chi connectivity index (χ1v) is 3.26. The second-order valence-corrected chi connectivity index (χ2v) is 2.18. The van der Waals surface area contributed by atoms with Crippen molar-refractivity contribution < 1.29 is 4.74 Å². The van der Waals surface area contributed by atoms with Gasteiger partial charge in [-0.3, -0.25) is 0 Å². The van der Waals surface area contributed by atoms with Gasteiger partial charge in [-0.05, 0) is 18.2 Å². The van der Waals surface area contributed by atoms with Gasteiger partial charge in [0.15, 0.2) is 0 Å². The summed E-state index contributed by atoms with van der Waals surface area (Å²) >= 11 is 0. The Kier molecular flexibility index (Phi) is 1.21. The van der Waals surface area contributed by atoms with Gasteiger partial charge < -0.3 is 4.74 Å². The Morgan fingerprint density at radius 2 is 2.50 bits per heavy atom. The molecule has 0 unspecified atom stereocenters. The van der Waals surface area contributed by atoms with Crippen LogP contribution in [0.4, 0.5) is 0 Å². The summed E-state index contributed by atoms with van der Waals surface area (Å²) in [5.41, 5.74) is 1.14. The smallest absolute Gasteiger partial charge is 0.127 e. The van der Waals surface area contributed by atoms with Gasteiger partial charge in [-0.1, -0.05) is 18.2 Å². The summed E-state index contributed by atoms with van der Waals surface area (Å²) < 4.78 is 5.31. The Bertz CT molecular complexity index is 263. The number of rotatable bonds is 0. The van der Waals surface area contributed by atoms with Crippen LogP contribution >= 0.6 is 0 Å². The van der Waals surface area contributed by atoms with Crippen molar-refractivity contribution in [3.05, 3.63) is 35.9 Å². The highest BCUT2D eigenvalue weighted by molar-refractivity contribution is 5.58. The number of hydrogen-bond acceptors (Lipinski definition) is 1. The van der Waals surface area contributed by atoms with Crippen LogP contribution in [0.5, 0.6) is 5.75 Å². The third kappa shape index (κ3) is 0.798. The van der Waals surface area contributed by atoms with E-state index in [1.165, 1.54) is 0 Å². The molecular formula is C9H7O. The SMILES string of the molecule is [c]1ccc2c(c1)OCC=C2. The second kappa shape index (κ2) is 2.18. The predicted molar refractivity (Wildman–Crippen MR) is 39.8 cm³/mol. The fourth-order valence-electron chi connectivity index (χ4n) is 1.00. The Hall–Kier alpha value is -1.24. The topological polar surface area (TPSA) is 9.23 Å². The van der Waals surface area contributed by atoms with Crippen molar-refractivity contribution in [3.8, 4) is 5.75 Å². The van der Waals surface area contributed by atoms with Gasteiger partial charge in [-0.25, -0.2) is 0 Å². The van der Waals surface area contributed by atoms with E-state index >= 15 is 0 Å². The van der Waals surface area contributed by atoms with Crippen molar-refractivity contribution in [2.45, 2.75) is 0 Å². The molecule has 0 aromatic heterocycles. The number of ether oxygens (including phenoxy) is 1. The summed E-state index contributed by atoms with van der Waals surface area (Å²) in [7, 11) is 0. The summed E-state index contributed by atoms with van der Waals surface area (Å²) in [6, 6.07) is 8.70. The molecule has 0 aliphatic carbocycles. The summed E-state index contributed by atoms with van der Waals surface area (Å²) in [5, 5.41) is 0. The van der Waals surface area contributed by atoms with Crippen LogP contribution in [0.25, 0.3) is 6.08 Å². The van der Waals surface area contributed by atoms with Gasteiger partial charge in [0.25, 0.3) is 0 Å². The molecule has 1 radical (unpaired) electrons. The van der Waals surface area contributed by atoms with E-state index < -0.39 is 0 Å². The van der Waals surface area contributed by atoms with Crippen molar-refractivity contribution in [2.75, 3.05) is 6.61 Å². The molecule has 1 aliphatic rings. The first-order chi connectivity index (χ1) is 4.97. The van der Waals surface area contributed by atoms with Crippen LogP contribution in [0.15, 0.2) is 24.3 Å². The van der Waals surface area contributed by atoms with Crippen LogP contribution in [0.1, 0.15) is 5.56 Å². The van der Waals surface area contributed by atoms with Gasteiger partial charge in [0, 0.05) is 5.56 Å². The lowest BCUT2D eigenvalue weighted by Gasteiger charge is -2.10. The highest BCUT2D eigenvalue weighted by Gasteiger charge is 2.01. The molecular weight excluding hydrogens is 124 g/mol. The Balaban J connectivity index is 2.54. The predicted octanol–water partition coefficient (Wildman–Crippen LogP) is 1.89. The maximum atomic E-state index is 5.31. The fourth-order valence-corrected chi connectivity index (χ4v) is 1.00. The van der Waals surface area contributed by atoms with Gasteiger partial charge in [0.2, 0.25) is 0 Å². The molecule has 0 fully saturated rings. The highest BCUT2D eigenvalue weighted by Crippen LogP contribution is 2.21. The third-order valence-electron chi connectivity index (χ3n) is 1.49. The van der Waals surface area contributed by atoms with Gasteiger partial charge in [0.05, 0.1) is 0 Å². The van der Waals surface area contributed by atoms with Crippen LogP contribution in [-0.2, 0) is 0 Å². The van der Waals surface area contributed by atoms with E-state index in [1.54, 1.807) is 0 Å². The van der Waals surface area contributed by atoms with Crippen molar-refractivity contribution in [2.24, 2.45) is 0 Å². The van der Waals surface area contributed by atoms with Gasteiger partial charge >= 0.3 is 0 Å². The maximum Gasteiger partial charge on any atom is 0.127 e. The minimum Gasteiger partial charge on any atom is -0.489 e. The molecule has 0 atom stereocenters. The van der Waals surface area contributed by atoms with Crippen LogP contribution in [-0.4, -0.2) is 6.61 Å².